The Labute approximate surface area is 107 Å². The monoisotopic (exact) mass is 256 g/mol. The highest BCUT2D eigenvalue weighted by Crippen LogP contribution is 2.32. The molecule has 2 aromatic carbocycles. The van der Waals surface area contributed by atoms with Crippen LogP contribution in [0.2, 0.25) is 0 Å². The number of thiazole rings is 1. The Morgan fingerprint density at radius 3 is 2.61 bits per heavy atom. The Bertz CT molecular complexity index is 719. The van der Waals surface area contributed by atoms with Gasteiger partial charge < -0.3 is 5.11 Å². The van der Waals surface area contributed by atoms with E-state index in [2.05, 4.69) is 10.2 Å². The summed E-state index contributed by atoms with van der Waals surface area (Å²) in [6.07, 6.45) is 0. The molecule has 1 heterocycles. The van der Waals surface area contributed by atoms with Crippen molar-refractivity contribution < 1.29 is 5.11 Å². The Morgan fingerprint density at radius 2 is 1.89 bits per heavy atom. The van der Waals surface area contributed by atoms with Gasteiger partial charge in [0.25, 0.3) is 0 Å². The van der Waals surface area contributed by atoms with Gasteiger partial charge in [0.15, 0.2) is 0 Å². The molecule has 0 aliphatic heterocycles. The number of rotatable bonds is 2. The van der Waals surface area contributed by atoms with Crippen molar-refractivity contribution in [2.75, 3.05) is 0 Å². The second kappa shape index (κ2) is 4.19. The molecule has 1 N–H and O–H groups in total. The number of hydrogen-bond donors (Lipinski definition) is 1. The number of hydrogen-bond acceptors (Lipinski definition) is 5. The Kier molecular flexibility index (Phi) is 2.53. The van der Waals surface area contributed by atoms with Crippen molar-refractivity contribution in [2.45, 2.75) is 0 Å². The summed E-state index contributed by atoms with van der Waals surface area (Å²) < 4.78 is 0.933. The normalized spacial score (nSPS) is 10.7. The second-order valence-corrected chi connectivity index (χ2v) is 4.84. The highest BCUT2D eigenvalue weighted by molar-refractivity contribution is 7.21. The molecule has 0 amide bonds. The molecule has 0 atom stereocenters. The Balaban J connectivity index is 2.10. The summed E-state index contributed by atoms with van der Waals surface area (Å²) in [5.41, 5.74) is 2.19. The first-order valence-corrected chi connectivity index (χ1v) is 6.11. The third-order valence-corrected chi connectivity index (χ3v) is 3.66. The minimum absolute atomic E-state index is 0.234. The molecule has 0 unspecified atom stereocenters. The van der Waals surface area contributed by atoms with Crippen LogP contribution in [0.3, 0.4) is 0 Å². The summed E-state index contributed by atoms with van der Waals surface area (Å²) in [6, 6.07) is 12.0. The first-order chi connectivity index (χ1) is 8.76. The van der Waals surface area contributed by atoms with Crippen LogP contribution in [0.5, 0.6) is 5.75 Å². The summed E-state index contributed by atoms with van der Waals surface area (Å²) >= 11 is 1.50. The molecule has 0 aliphatic carbocycles. The van der Waals surface area contributed by atoms with Crippen LogP contribution in [0.15, 0.2) is 47.6 Å². The number of aromatic nitrogens is 1. The van der Waals surface area contributed by atoms with E-state index in [-0.39, 0.29) is 5.75 Å². The van der Waals surface area contributed by atoms with Crippen molar-refractivity contribution in [3.63, 3.8) is 0 Å². The van der Waals surface area contributed by atoms with E-state index in [1.807, 2.05) is 12.1 Å². The van der Waals surface area contributed by atoms with Crippen LogP contribution in [-0.2, 0) is 0 Å². The van der Waals surface area contributed by atoms with E-state index in [0.717, 1.165) is 20.8 Å². The Morgan fingerprint density at radius 1 is 1.11 bits per heavy atom. The lowest BCUT2D eigenvalue weighted by atomic mass is 10.2. The van der Waals surface area contributed by atoms with Gasteiger partial charge >= 0.3 is 0 Å². The quantitative estimate of drug-likeness (QED) is 0.703. The van der Waals surface area contributed by atoms with Crippen molar-refractivity contribution in [1.29, 1.82) is 0 Å². The summed E-state index contributed by atoms with van der Waals surface area (Å²) in [7, 11) is 0. The standard InChI is InChI=1S/C13H8N2O2S/c16-10-5-6-11-12(7-10)18-13(14-11)8-1-3-9(15-17)4-2-8/h1-7,16H. The lowest BCUT2D eigenvalue weighted by Crippen LogP contribution is -1.74. The first-order valence-electron chi connectivity index (χ1n) is 5.29. The summed E-state index contributed by atoms with van der Waals surface area (Å²) in [4.78, 5) is 14.8. The minimum Gasteiger partial charge on any atom is -0.508 e. The van der Waals surface area contributed by atoms with E-state index < -0.39 is 0 Å². The average molecular weight is 256 g/mol. The molecule has 0 spiro atoms. The zero-order valence-corrected chi connectivity index (χ0v) is 10.0. The number of phenolic OH excluding ortho intramolecular Hbond substituents is 1. The number of nitrogens with zero attached hydrogens (tertiary/aromatic N) is 2. The van der Waals surface area contributed by atoms with Crippen LogP contribution < -0.4 is 0 Å². The fourth-order valence-corrected chi connectivity index (χ4v) is 2.71. The molecular formula is C13H8N2O2S. The van der Waals surface area contributed by atoms with E-state index in [9.17, 15) is 10.0 Å². The first kappa shape index (κ1) is 10.9. The summed E-state index contributed by atoms with van der Waals surface area (Å²) in [5.74, 6) is 0.234. The van der Waals surface area contributed by atoms with Crippen LogP contribution in [0, 0.1) is 4.91 Å². The molecule has 0 saturated carbocycles. The smallest absolute Gasteiger partial charge is 0.124 e. The van der Waals surface area contributed by atoms with Crippen molar-refractivity contribution >= 4 is 27.2 Å². The molecule has 0 radical (unpaired) electrons. The number of nitroso groups, excluding NO2 is 1. The molecule has 18 heavy (non-hydrogen) atoms. The predicted octanol–water partition coefficient (Wildman–Crippen LogP) is 4.07. The molecule has 1 aromatic heterocycles. The van der Waals surface area contributed by atoms with Gasteiger partial charge in [-0.05, 0) is 47.6 Å². The fourth-order valence-electron chi connectivity index (χ4n) is 1.70. The number of aromatic hydroxyl groups is 1. The van der Waals surface area contributed by atoms with Gasteiger partial charge in [0.2, 0.25) is 0 Å². The molecule has 4 nitrogen and oxygen atoms in total. The average Bonchev–Trinajstić information content (AvgIpc) is 2.81. The highest BCUT2D eigenvalue weighted by Gasteiger charge is 2.06. The van der Waals surface area contributed by atoms with E-state index in [1.54, 1.807) is 30.3 Å². The maximum Gasteiger partial charge on any atom is 0.124 e. The van der Waals surface area contributed by atoms with Crippen molar-refractivity contribution in [2.24, 2.45) is 5.18 Å². The van der Waals surface area contributed by atoms with Gasteiger partial charge in [0.05, 0.1) is 10.2 Å². The molecule has 3 rings (SSSR count). The van der Waals surface area contributed by atoms with Gasteiger partial charge in [0.1, 0.15) is 16.4 Å². The summed E-state index contributed by atoms with van der Waals surface area (Å²) in [6.45, 7) is 0. The van der Waals surface area contributed by atoms with Gasteiger partial charge in [0, 0.05) is 5.56 Å². The molecular weight excluding hydrogens is 248 g/mol. The molecule has 0 aliphatic rings. The van der Waals surface area contributed by atoms with Crippen molar-refractivity contribution in [1.82, 2.24) is 4.98 Å². The molecule has 88 valence electrons. The molecule has 5 heteroatoms. The molecule has 0 fully saturated rings. The highest BCUT2D eigenvalue weighted by atomic mass is 32.1. The maximum absolute atomic E-state index is 10.3. The van der Waals surface area contributed by atoms with Crippen LogP contribution in [0.1, 0.15) is 0 Å². The van der Waals surface area contributed by atoms with Gasteiger partial charge in [-0.1, -0.05) is 0 Å². The zero-order chi connectivity index (χ0) is 12.5. The topological polar surface area (TPSA) is 62.5 Å². The van der Waals surface area contributed by atoms with Crippen LogP contribution in [0.4, 0.5) is 5.69 Å². The molecule has 0 saturated heterocycles. The minimum atomic E-state index is 0.234. The van der Waals surface area contributed by atoms with Crippen LogP contribution in [-0.4, -0.2) is 10.1 Å². The second-order valence-electron chi connectivity index (χ2n) is 3.81. The Hall–Kier alpha value is -2.27. The van der Waals surface area contributed by atoms with E-state index >= 15 is 0 Å². The summed E-state index contributed by atoms with van der Waals surface area (Å²) in [5, 5.41) is 13.1. The lowest BCUT2D eigenvalue weighted by molar-refractivity contribution is 0.476. The van der Waals surface area contributed by atoms with Crippen molar-refractivity contribution in [3.05, 3.63) is 47.4 Å². The lowest BCUT2D eigenvalue weighted by Gasteiger charge is -1.94. The number of benzene rings is 2. The van der Waals surface area contributed by atoms with Crippen LogP contribution >= 0.6 is 11.3 Å². The predicted molar refractivity (Wildman–Crippen MR) is 72.2 cm³/mol. The maximum atomic E-state index is 10.3. The SMILES string of the molecule is O=Nc1ccc(-c2nc3ccc(O)cc3s2)cc1. The zero-order valence-electron chi connectivity index (χ0n) is 9.20. The van der Waals surface area contributed by atoms with Crippen LogP contribution in [0.25, 0.3) is 20.8 Å². The third-order valence-electron chi connectivity index (χ3n) is 2.59. The third kappa shape index (κ3) is 1.84. The largest absolute Gasteiger partial charge is 0.508 e. The fraction of sp³-hybridized carbons (Fsp3) is 0. The van der Waals surface area contributed by atoms with Gasteiger partial charge in [-0.3, -0.25) is 0 Å². The van der Waals surface area contributed by atoms with Gasteiger partial charge in [-0.25, -0.2) is 4.98 Å². The van der Waals surface area contributed by atoms with E-state index in [4.69, 9.17) is 0 Å². The van der Waals surface area contributed by atoms with E-state index in [0.29, 0.717) is 5.69 Å². The number of phenols is 1. The van der Waals surface area contributed by atoms with E-state index in [1.165, 1.54) is 11.3 Å². The molecule has 3 aromatic rings. The molecule has 0 bridgehead atoms. The van der Waals surface area contributed by atoms with Gasteiger partial charge in [-0.15, -0.1) is 16.2 Å². The van der Waals surface area contributed by atoms with Gasteiger partial charge in [-0.2, -0.15) is 0 Å². The number of fused-ring (bicyclic) bond motifs is 1. The van der Waals surface area contributed by atoms with Crippen molar-refractivity contribution in [3.8, 4) is 16.3 Å².